The monoisotopic (exact) mass is 837 g/mol. The van der Waals surface area contributed by atoms with Crippen molar-refractivity contribution in [2.24, 2.45) is 0 Å². The van der Waals surface area contributed by atoms with Crippen molar-refractivity contribution in [1.29, 1.82) is 0 Å². The topological polar surface area (TPSA) is 169 Å². The standard InChI is InChI=1S/C46H77O11P/c1-3-5-7-8-9-10-11-12-13-14-15-16-19-23-26-29-33-37-46(51)57-44(41-56-58(52,53)55-39-43(49)38-47)40-54-45(50)36-32-28-25-22-20-17-18-21-24-27-31-35-42(48)34-30-6-4-2/h12-13,15-18,22-27,31,35,42-44,47-49H,3-11,14,19-21,28-30,32-34,36-41H2,1-2H3,(H,52,53)/b13-12-,16-15-,18-17-,25-22-,26-23-,27-24-,35-31+/t42-,43+,44-/m1/s1. The van der Waals surface area contributed by atoms with E-state index in [1.165, 1.54) is 38.5 Å². The normalized spacial score (nSPS) is 15.2. The Morgan fingerprint density at radius 2 is 1.09 bits per heavy atom. The fourth-order valence-corrected chi connectivity index (χ4v) is 6.02. The van der Waals surface area contributed by atoms with Crippen LogP contribution in [-0.4, -0.2) is 76.9 Å². The zero-order chi connectivity index (χ0) is 42.8. The summed E-state index contributed by atoms with van der Waals surface area (Å²) in [5.41, 5.74) is 0. The molecule has 0 aromatic heterocycles. The van der Waals surface area contributed by atoms with Gasteiger partial charge >= 0.3 is 19.8 Å². The Kier molecular flexibility index (Phi) is 38.8. The highest BCUT2D eigenvalue weighted by Gasteiger charge is 2.27. The first-order valence-corrected chi connectivity index (χ1v) is 23.1. The summed E-state index contributed by atoms with van der Waals surface area (Å²) < 4.78 is 32.6. The van der Waals surface area contributed by atoms with Gasteiger partial charge in [-0.25, -0.2) is 4.57 Å². The van der Waals surface area contributed by atoms with E-state index >= 15 is 0 Å². The third kappa shape index (κ3) is 39.9. The molecule has 11 nitrogen and oxygen atoms in total. The van der Waals surface area contributed by atoms with Crippen LogP contribution >= 0.6 is 7.82 Å². The summed E-state index contributed by atoms with van der Waals surface area (Å²) in [6.07, 6.45) is 44.6. The largest absolute Gasteiger partial charge is 0.472 e. The number of carbonyl (C=O) groups excluding carboxylic acids is 2. The van der Waals surface area contributed by atoms with Crippen LogP contribution in [0.15, 0.2) is 85.1 Å². The first kappa shape index (κ1) is 55.1. The Balaban J connectivity index is 4.54. The van der Waals surface area contributed by atoms with Gasteiger partial charge in [0, 0.05) is 12.8 Å². The lowest BCUT2D eigenvalue weighted by Crippen LogP contribution is -2.29. The molecule has 0 aliphatic carbocycles. The van der Waals surface area contributed by atoms with Gasteiger partial charge in [0.05, 0.1) is 25.9 Å². The minimum absolute atomic E-state index is 0.0871. The van der Waals surface area contributed by atoms with E-state index in [1.807, 2.05) is 48.6 Å². The molecular formula is C46H77O11P. The number of aliphatic hydroxyl groups excluding tert-OH is 3. The molecule has 0 amide bonds. The van der Waals surface area contributed by atoms with Crippen LogP contribution < -0.4 is 0 Å². The maximum absolute atomic E-state index is 12.6. The molecule has 0 rings (SSSR count). The molecule has 58 heavy (non-hydrogen) atoms. The molecule has 0 heterocycles. The minimum Gasteiger partial charge on any atom is -0.462 e. The van der Waals surface area contributed by atoms with E-state index in [9.17, 15) is 29.3 Å². The van der Waals surface area contributed by atoms with Gasteiger partial charge < -0.3 is 29.7 Å². The number of phosphoric ester groups is 1. The summed E-state index contributed by atoms with van der Waals surface area (Å²) in [7, 11) is -4.66. The van der Waals surface area contributed by atoms with Gasteiger partial charge in [0.25, 0.3) is 0 Å². The average molecular weight is 837 g/mol. The summed E-state index contributed by atoms with van der Waals surface area (Å²) in [5, 5.41) is 28.2. The molecule has 0 aliphatic rings. The first-order valence-electron chi connectivity index (χ1n) is 21.7. The molecule has 0 bridgehead atoms. The molecule has 4 N–H and O–H groups in total. The van der Waals surface area contributed by atoms with E-state index in [1.54, 1.807) is 0 Å². The molecule has 0 radical (unpaired) electrons. The van der Waals surface area contributed by atoms with Crippen molar-refractivity contribution in [1.82, 2.24) is 0 Å². The fourth-order valence-electron chi connectivity index (χ4n) is 5.23. The van der Waals surface area contributed by atoms with Crippen LogP contribution in [-0.2, 0) is 32.7 Å². The molecule has 0 spiro atoms. The van der Waals surface area contributed by atoms with Crippen LogP contribution in [0.3, 0.4) is 0 Å². The van der Waals surface area contributed by atoms with Gasteiger partial charge in [0.2, 0.25) is 0 Å². The van der Waals surface area contributed by atoms with E-state index in [2.05, 4.69) is 54.8 Å². The molecule has 0 aliphatic heterocycles. The van der Waals surface area contributed by atoms with E-state index in [0.29, 0.717) is 25.7 Å². The van der Waals surface area contributed by atoms with Crippen molar-refractivity contribution in [3.8, 4) is 0 Å². The van der Waals surface area contributed by atoms with E-state index in [-0.39, 0.29) is 19.4 Å². The Morgan fingerprint density at radius 1 is 0.586 bits per heavy atom. The fraction of sp³-hybridized carbons (Fsp3) is 0.652. The van der Waals surface area contributed by atoms with Crippen molar-refractivity contribution >= 4 is 19.8 Å². The van der Waals surface area contributed by atoms with Crippen molar-refractivity contribution < 1.29 is 52.9 Å². The van der Waals surface area contributed by atoms with Gasteiger partial charge in [-0.15, -0.1) is 0 Å². The highest BCUT2D eigenvalue weighted by atomic mass is 31.2. The third-order valence-corrected chi connectivity index (χ3v) is 9.58. The number of esters is 2. The predicted octanol–water partition coefficient (Wildman–Crippen LogP) is 10.4. The lowest BCUT2D eigenvalue weighted by Gasteiger charge is -2.20. The zero-order valence-corrected chi connectivity index (χ0v) is 36.5. The highest BCUT2D eigenvalue weighted by Crippen LogP contribution is 2.43. The molecule has 0 fully saturated rings. The Hall–Kier alpha value is -2.89. The van der Waals surface area contributed by atoms with Crippen molar-refractivity contribution in [3.05, 3.63) is 85.1 Å². The summed E-state index contributed by atoms with van der Waals surface area (Å²) in [6, 6.07) is 0. The molecule has 4 atom stereocenters. The van der Waals surface area contributed by atoms with Crippen molar-refractivity contribution in [3.63, 3.8) is 0 Å². The van der Waals surface area contributed by atoms with Gasteiger partial charge in [-0.1, -0.05) is 150 Å². The Bertz CT molecular complexity index is 1250. The zero-order valence-electron chi connectivity index (χ0n) is 35.6. The van der Waals surface area contributed by atoms with Gasteiger partial charge in [-0.2, -0.15) is 0 Å². The molecule has 0 saturated heterocycles. The number of hydrogen-bond acceptors (Lipinski definition) is 10. The van der Waals surface area contributed by atoms with Crippen LogP contribution in [0.1, 0.15) is 149 Å². The molecular weight excluding hydrogens is 759 g/mol. The summed E-state index contributed by atoms with van der Waals surface area (Å²) in [4.78, 5) is 34.9. The third-order valence-electron chi connectivity index (χ3n) is 8.63. The second kappa shape index (κ2) is 40.9. The maximum Gasteiger partial charge on any atom is 0.472 e. The second-order valence-corrected chi connectivity index (χ2v) is 15.7. The number of allylic oxidation sites excluding steroid dienone is 13. The number of phosphoric acid groups is 1. The van der Waals surface area contributed by atoms with Gasteiger partial charge in [-0.05, 0) is 70.6 Å². The van der Waals surface area contributed by atoms with Crippen LogP contribution in [0.2, 0.25) is 0 Å². The summed E-state index contributed by atoms with van der Waals surface area (Å²) in [5.74, 6) is -1.09. The lowest BCUT2D eigenvalue weighted by molar-refractivity contribution is -0.161. The van der Waals surface area contributed by atoms with Gasteiger partial charge in [0.1, 0.15) is 12.7 Å². The van der Waals surface area contributed by atoms with Crippen LogP contribution in [0.25, 0.3) is 0 Å². The summed E-state index contributed by atoms with van der Waals surface area (Å²) >= 11 is 0. The van der Waals surface area contributed by atoms with Crippen LogP contribution in [0.4, 0.5) is 0 Å². The quantitative estimate of drug-likeness (QED) is 0.0153. The number of hydrogen-bond donors (Lipinski definition) is 4. The second-order valence-electron chi connectivity index (χ2n) is 14.2. The Labute approximate surface area is 350 Å². The van der Waals surface area contributed by atoms with E-state index in [4.69, 9.17) is 19.1 Å². The van der Waals surface area contributed by atoms with Crippen LogP contribution in [0, 0.1) is 0 Å². The van der Waals surface area contributed by atoms with Gasteiger partial charge in [-0.3, -0.25) is 18.6 Å². The van der Waals surface area contributed by atoms with Gasteiger partial charge in [0.15, 0.2) is 6.10 Å². The molecule has 12 heteroatoms. The maximum atomic E-state index is 12.6. The van der Waals surface area contributed by atoms with E-state index < -0.39 is 57.9 Å². The number of ether oxygens (including phenoxy) is 2. The summed E-state index contributed by atoms with van der Waals surface area (Å²) in [6.45, 7) is 2.09. The van der Waals surface area contributed by atoms with Crippen molar-refractivity contribution in [2.45, 2.75) is 167 Å². The highest BCUT2D eigenvalue weighted by molar-refractivity contribution is 7.47. The molecule has 1 unspecified atom stereocenters. The van der Waals surface area contributed by atoms with Crippen molar-refractivity contribution in [2.75, 3.05) is 26.4 Å². The molecule has 332 valence electrons. The minimum atomic E-state index is -4.66. The predicted molar refractivity (Wildman–Crippen MR) is 234 cm³/mol. The average Bonchev–Trinajstić information content (AvgIpc) is 3.20. The lowest BCUT2D eigenvalue weighted by atomic mass is 10.1. The number of carbonyl (C=O) groups is 2. The van der Waals surface area contributed by atoms with Crippen LogP contribution in [0.5, 0.6) is 0 Å². The Morgan fingerprint density at radius 3 is 1.69 bits per heavy atom. The number of rotatable bonds is 39. The number of aliphatic hydroxyl groups is 3. The first-order chi connectivity index (χ1) is 28.1. The smallest absolute Gasteiger partial charge is 0.462 e. The molecule has 0 saturated carbocycles. The van der Waals surface area contributed by atoms with E-state index in [0.717, 1.165) is 57.8 Å². The SMILES string of the molecule is CCCCCCCC/C=C\C/C=C\C/C=C\CCCC(=O)O[C@H](COC(=O)CCC/C=C\C/C=C\C/C=C\C=C\[C@H](O)CCCCC)COP(=O)(O)OC[C@@H](O)CO. The molecule has 0 aromatic carbocycles. The molecule has 0 aromatic rings. The number of unbranched alkanes of at least 4 members (excludes halogenated alkanes) is 10.